The molecule has 2 aromatic carbocycles. The zero-order valence-electron chi connectivity index (χ0n) is 18.2. The minimum absolute atomic E-state index is 0. The number of amides is 1. The van der Waals surface area contributed by atoms with Crippen LogP contribution in [0.3, 0.4) is 0 Å². The summed E-state index contributed by atoms with van der Waals surface area (Å²) in [5, 5.41) is 6.63. The lowest BCUT2D eigenvalue weighted by Crippen LogP contribution is -2.38. The minimum atomic E-state index is -0.0830. The number of ether oxygens (including phenoxy) is 1. The van der Waals surface area contributed by atoms with Crippen molar-refractivity contribution in [3.05, 3.63) is 71.3 Å². The van der Waals surface area contributed by atoms with Gasteiger partial charge >= 0.3 is 0 Å². The molecule has 164 valence electrons. The Balaban J connectivity index is 0.00000450. The van der Waals surface area contributed by atoms with E-state index in [1.807, 2.05) is 61.5 Å². The van der Waals surface area contributed by atoms with Gasteiger partial charge in [0.05, 0.1) is 6.54 Å². The molecule has 0 heterocycles. The van der Waals surface area contributed by atoms with Crippen molar-refractivity contribution >= 4 is 35.8 Å². The summed E-state index contributed by atoms with van der Waals surface area (Å²) >= 11 is 0. The van der Waals surface area contributed by atoms with Gasteiger partial charge in [-0.25, -0.2) is 0 Å². The third kappa shape index (κ3) is 8.31. The first kappa shape index (κ1) is 25.9. The fourth-order valence-corrected chi connectivity index (χ4v) is 2.94. The van der Waals surface area contributed by atoms with Crippen LogP contribution in [0.2, 0.25) is 0 Å². The van der Waals surface area contributed by atoms with Gasteiger partial charge in [0.15, 0.2) is 5.96 Å². The van der Waals surface area contributed by atoms with Crippen molar-refractivity contribution in [3.63, 3.8) is 0 Å². The van der Waals surface area contributed by atoms with Crippen molar-refractivity contribution in [2.24, 2.45) is 4.99 Å². The van der Waals surface area contributed by atoms with Gasteiger partial charge in [-0.3, -0.25) is 9.79 Å². The number of benzene rings is 2. The number of nitrogens with zero attached hydrogens (tertiary/aromatic N) is 2. The van der Waals surface area contributed by atoms with Gasteiger partial charge in [0.1, 0.15) is 6.10 Å². The van der Waals surface area contributed by atoms with E-state index in [0.29, 0.717) is 18.7 Å². The van der Waals surface area contributed by atoms with E-state index in [0.717, 1.165) is 30.1 Å². The van der Waals surface area contributed by atoms with Crippen LogP contribution in [0.5, 0.6) is 0 Å². The van der Waals surface area contributed by atoms with Crippen LogP contribution in [0.4, 0.5) is 0 Å². The molecule has 2 aromatic rings. The molecular formula is C23H33IN4O2. The molecule has 0 aromatic heterocycles. The second-order valence-electron chi connectivity index (χ2n) is 6.93. The molecule has 2 rings (SSSR count). The van der Waals surface area contributed by atoms with Crippen LogP contribution in [0.15, 0.2) is 59.6 Å². The summed E-state index contributed by atoms with van der Waals surface area (Å²) in [6.45, 7) is 4.07. The fourth-order valence-electron chi connectivity index (χ4n) is 2.94. The molecule has 6 nitrogen and oxygen atoms in total. The van der Waals surface area contributed by atoms with E-state index in [9.17, 15) is 4.79 Å². The third-order valence-corrected chi connectivity index (χ3v) is 4.50. The summed E-state index contributed by atoms with van der Waals surface area (Å²) < 4.78 is 5.60. The zero-order valence-corrected chi connectivity index (χ0v) is 20.6. The Hall–Kier alpha value is -2.13. The lowest BCUT2D eigenvalue weighted by atomic mass is 10.1. The first-order valence-electron chi connectivity index (χ1n) is 9.95. The van der Waals surface area contributed by atoms with Gasteiger partial charge in [-0.1, -0.05) is 42.5 Å². The minimum Gasteiger partial charge on any atom is -0.375 e. The Labute approximate surface area is 197 Å². The number of rotatable bonds is 9. The van der Waals surface area contributed by atoms with Gasteiger partial charge < -0.3 is 20.3 Å². The number of guanidine groups is 1. The highest BCUT2D eigenvalue weighted by Gasteiger charge is 2.10. The molecule has 0 saturated carbocycles. The van der Waals surface area contributed by atoms with Gasteiger partial charge in [0, 0.05) is 39.9 Å². The number of hydrogen-bond donors (Lipinski definition) is 2. The average molecular weight is 524 g/mol. The summed E-state index contributed by atoms with van der Waals surface area (Å²) in [6.07, 6.45) is 0.714. The van der Waals surface area contributed by atoms with Crippen molar-refractivity contribution in [2.75, 3.05) is 40.8 Å². The second-order valence-corrected chi connectivity index (χ2v) is 6.93. The summed E-state index contributed by atoms with van der Waals surface area (Å²) in [5.41, 5.74) is 2.93. The Morgan fingerprint density at radius 3 is 2.47 bits per heavy atom. The third-order valence-electron chi connectivity index (χ3n) is 4.50. The van der Waals surface area contributed by atoms with Crippen LogP contribution in [0.1, 0.15) is 34.5 Å². The van der Waals surface area contributed by atoms with Crippen molar-refractivity contribution in [3.8, 4) is 0 Å². The maximum atomic E-state index is 12.1. The SMILES string of the molecule is CCNC(=NCC(OC)c1ccccc1)NCCc1cccc(C(=O)N(C)C)c1.I. The van der Waals surface area contributed by atoms with Crippen molar-refractivity contribution in [1.82, 2.24) is 15.5 Å². The molecule has 1 atom stereocenters. The van der Waals surface area contributed by atoms with E-state index in [-0.39, 0.29) is 36.0 Å². The summed E-state index contributed by atoms with van der Waals surface area (Å²) in [7, 11) is 5.23. The lowest BCUT2D eigenvalue weighted by molar-refractivity contribution is 0.0827. The Bertz CT molecular complexity index is 797. The smallest absolute Gasteiger partial charge is 0.253 e. The van der Waals surface area contributed by atoms with Gasteiger partial charge in [0.2, 0.25) is 0 Å². The van der Waals surface area contributed by atoms with Gasteiger partial charge in [-0.2, -0.15) is 0 Å². The van der Waals surface area contributed by atoms with Crippen LogP contribution >= 0.6 is 24.0 Å². The molecule has 0 aliphatic heterocycles. The van der Waals surface area contributed by atoms with E-state index in [1.165, 1.54) is 0 Å². The molecule has 30 heavy (non-hydrogen) atoms. The Kier molecular flexibility index (Phi) is 12.1. The van der Waals surface area contributed by atoms with Crippen LogP contribution in [-0.2, 0) is 11.2 Å². The Morgan fingerprint density at radius 2 is 1.83 bits per heavy atom. The molecule has 1 amide bonds. The first-order chi connectivity index (χ1) is 14.0. The normalized spacial score (nSPS) is 11.9. The van der Waals surface area contributed by atoms with Crippen molar-refractivity contribution < 1.29 is 9.53 Å². The topological polar surface area (TPSA) is 66.0 Å². The maximum Gasteiger partial charge on any atom is 0.253 e. The fraction of sp³-hybridized carbons (Fsp3) is 0.391. The number of halogens is 1. The molecular weight excluding hydrogens is 491 g/mol. The highest BCUT2D eigenvalue weighted by atomic mass is 127. The number of hydrogen-bond acceptors (Lipinski definition) is 3. The summed E-state index contributed by atoms with van der Waals surface area (Å²) in [6, 6.07) is 17.9. The molecule has 0 fully saturated rings. The zero-order chi connectivity index (χ0) is 21.1. The van der Waals surface area contributed by atoms with E-state index in [1.54, 1.807) is 26.1 Å². The van der Waals surface area contributed by atoms with Gasteiger partial charge in [-0.05, 0) is 36.6 Å². The van der Waals surface area contributed by atoms with Crippen molar-refractivity contribution in [2.45, 2.75) is 19.4 Å². The largest absolute Gasteiger partial charge is 0.375 e. The van der Waals surface area contributed by atoms with E-state index in [2.05, 4.69) is 15.6 Å². The van der Waals surface area contributed by atoms with Gasteiger partial charge in [0.25, 0.3) is 5.91 Å². The number of carbonyl (C=O) groups is 1. The summed E-state index contributed by atoms with van der Waals surface area (Å²) in [4.78, 5) is 18.4. The number of nitrogens with one attached hydrogen (secondary N) is 2. The highest BCUT2D eigenvalue weighted by molar-refractivity contribution is 14.0. The molecule has 0 saturated heterocycles. The molecule has 0 aliphatic rings. The van der Waals surface area contributed by atoms with Crippen molar-refractivity contribution in [1.29, 1.82) is 0 Å². The molecule has 0 spiro atoms. The average Bonchev–Trinajstić information content (AvgIpc) is 2.74. The molecule has 2 N–H and O–H groups in total. The molecule has 7 heteroatoms. The van der Waals surface area contributed by atoms with E-state index in [4.69, 9.17) is 4.74 Å². The molecule has 0 bridgehead atoms. The molecule has 0 aliphatic carbocycles. The first-order valence-corrected chi connectivity index (χ1v) is 9.95. The maximum absolute atomic E-state index is 12.1. The van der Waals surface area contributed by atoms with Crippen LogP contribution < -0.4 is 10.6 Å². The lowest BCUT2D eigenvalue weighted by Gasteiger charge is -2.16. The monoisotopic (exact) mass is 524 g/mol. The molecule has 0 radical (unpaired) electrons. The molecule has 1 unspecified atom stereocenters. The van der Waals surface area contributed by atoms with Crippen LogP contribution in [0, 0.1) is 0 Å². The quantitative estimate of drug-likeness (QED) is 0.300. The number of aliphatic imine (C=N–C) groups is 1. The highest BCUT2D eigenvalue weighted by Crippen LogP contribution is 2.16. The van der Waals surface area contributed by atoms with E-state index >= 15 is 0 Å². The number of carbonyl (C=O) groups excluding carboxylic acids is 1. The Morgan fingerprint density at radius 1 is 1.10 bits per heavy atom. The van der Waals surface area contributed by atoms with Crippen LogP contribution in [0.25, 0.3) is 0 Å². The van der Waals surface area contributed by atoms with Crippen LogP contribution in [-0.4, -0.2) is 57.6 Å². The standard InChI is InChI=1S/C23H32N4O2.HI/c1-5-24-23(26-17-21(29-4)19-11-7-6-8-12-19)25-15-14-18-10-9-13-20(16-18)22(28)27(2)3;/h6-13,16,21H,5,14-15,17H2,1-4H3,(H2,24,25,26);1H. The van der Waals surface area contributed by atoms with Gasteiger partial charge in [-0.15, -0.1) is 24.0 Å². The predicted octanol–water partition coefficient (Wildman–Crippen LogP) is 3.49. The predicted molar refractivity (Wildman–Crippen MR) is 134 cm³/mol. The number of methoxy groups -OCH3 is 1. The second kappa shape index (κ2) is 14.0. The van der Waals surface area contributed by atoms with E-state index < -0.39 is 0 Å². The summed E-state index contributed by atoms with van der Waals surface area (Å²) in [5.74, 6) is 0.771.